The Kier molecular flexibility index (Phi) is 5.29. The number of hydrogen-bond acceptors (Lipinski definition) is 3. The third-order valence-electron chi connectivity index (χ3n) is 2.08. The SMILES string of the molecule is C=C(NNC(=S)NCC)c1cccc(OC)c1. The Labute approximate surface area is 107 Å². The predicted molar refractivity (Wildman–Crippen MR) is 74.6 cm³/mol. The molecule has 1 aromatic rings. The van der Waals surface area contributed by atoms with E-state index in [4.69, 9.17) is 17.0 Å². The Morgan fingerprint density at radius 3 is 2.82 bits per heavy atom. The minimum atomic E-state index is 0.538. The van der Waals surface area contributed by atoms with E-state index in [0.717, 1.165) is 23.6 Å². The van der Waals surface area contributed by atoms with Crippen molar-refractivity contribution in [1.82, 2.24) is 16.2 Å². The van der Waals surface area contributed by atoms with Crippen molar-refractivity contribution in [2.45, 2.75) is 6.92 Å². The van der Waals surface area contributed by atoms with Crippen molar-refractivity contribution in [1.29, 1.82) is 0 Å². The fraction of sp³-hybridized carbons (Fsp3) is 0.250. The third-order valence-corrected chi connectivity index (χ3v) is 2.33. The van der Waals surface area contributed by atoms with E-state index in [1.807, 2.05) is 31.2 Å². The molecule has 92 valence electrons. The van der Waals surface area contributed by atoms with Crippen LogP contribution in [-0.2, 0) is 0 Å². The van der Waals surface area contributed by atoms with Gasteiger partial charge in [0.25, 0.3) is 0 Å². The van der Waals surface area contributed by atoms with E-state index in [1.165, 1.54) is 0 Å². The van der Waals surface area contributed by atoms with Gasteiger partial charge in [-0.1, -0.05) is 18.7 Å². The van der Waals surface area contributed by atoms with Gasteiger partial charge in [-0.15, -0.1) is 0 Å². The first-order valence-electron chi connectivity index (χ1n) is 5.30. The first kappa shape index (κ1) is 13.3. The van der Waals surface area contributed by atoms with E-state index in [-0.39, 0.29) is 0 Å². The number of ether oxygens (including phenoxy) is 1. The number of nitrogens with one attached hydrogen (secondary N) is 3. The van der Waals surface area contributed by atoms with Crippen LogP contribution in [0.2, 0.25) is 0 Å². The number of benzene rings is 1. The van der Waals surface area contributed by atoms with Crippen LogP contribution in [0.4, 0.5) is 0 Å². The van der Waals surface area contributed by atoms with Crippen molar-refractivity contribution >= 4 is 23.0 Å². The summed E-state index contributed by atoms with van der Waals surface area (Å²) in [5.74, 6) is 0.791. The van der Waals surface area contributed by atoms with Crippen LogP contribution in [0.1, 0.15) is 12.5 Å². The average Bonchev–Trinajstić information content (AvgIpc) is 2.36. The number of rotatable bonds is 5. The van der Waals surface area contributed by atoms with Gasteiger partial charge in [-0.25, -0.2) is 0 Å². The highest BCUT2D eigenvalue weighted by Crippen LogP contribution is 2.16. The predicted octanol–water partition coefficient (Wildman–Crippen LogP) is 1.65. The molecule has 17 heavy (non-hydrogen) atoms. The summed E-state index contributed by atoms with van der Waals surface area (Å²) in [5, 5.41) is 3.51. The van der Waals surface area contributed by atoms with Gasteiger partial charge in [0.2, 0.25) is 0 Å². The molecular formula is C12H17N3OS. The maximum atomic E-state index is 5.14. The van der Waals surface area contributed by atoms with Crippen LogP contribution in [0.15, 0.2) is 30.8 Å². The van der Waals surface area contributed by atoms with E-state index in [1.54, 1.807) is 7.11 Å². The van der Waals surface area contributed by atoms with Gasteiger partial charge in [-0.05, 0) is 31.3 Å². The molecule has 0 unspecified atom stereocenters. The number of hydrazine groups is 1. The minimum absolute atomic E-state index is 0.538. The second kappa shape index (κ2) is 6.75. The highest BCUT2D eigenvalue weighted by Gasteiger charge is 2.00. The molecule has 0 aromatic heterocycles. The van der Waals surface area contributed by atoms with Gasteiger partial charge in [0.05, 0.1) is 12.8 Å². The molecule has 0 amide bonds. The normalized spacial score (nSPS) is 9.29. The molecule has 1 rings (SSSR count). The Morgan fingerprint density at radius 1 is 1.41 bits per heavy atom. The summed E-state index contributed by atoms with van der Waals surface area (Å²) in [4.78, 5) is 0. The number of hydrogen-bond donors (Lipinski definition) is 3. The molecule has 0 aliphatic carbocycles. The molecule has 0 aliphatic rings. The van der Waals surface area contributed by atoms with Crippen molar-refractivity contribution < 1.29 is 4.74 Å². The summed E-state index contributed by atoms with van der Waals surface area (Å²) in [5.41, 5.74) is 7.45. The van der Waals surface area contributed by atoms with Gasteiger partial charge in [0.15, 0.2) is 5.11 Å². The molecule has 0 aliphatic heterocycles. The molecule has 3 N–H and O–H groups in total. The van der Waals surface area contributed by atoms with Crippen LogP contribution in [0, 0.1) is 0 Å². The molecule has 0 spiro atoms. The summed E-state index contributed by atoms with van der Waals surface area (Å²) in [7, 11) is 1.63. The molecule has 0 bridgehead atoms. The fourth-order valence-electron chi connectivity index (χ4n) is 1.22. The lowest BCUT2D eigenvalue weighted by atomic mass is 10.2. The molecule has 0 fully saturated rings. The summed E-state index contributed by atoms with van der Waals surface area (Å²) in [6.07, 6.45) is 0. The van der Waals surface area contributed by atoms with E-state index >= 15 is 0 Å². The Hall–Kier alpha value is -1.75. The topological polar surface area (TPSA) is 45.3 Å². The first-order chi connectivity index (χ1) is 8.17. The zero-order chi connectivity index (χ0) is 12.7. The smallest absolute Gasteiger partial charge is 0.185 e. The monoisotopic (exact) mass is 251 g/mol. The van der Waals surface area contributed by atoms with E-state index < -0.39 is 0 Å². The average molecular weight is 251 g/mol. The van der Waals surface area contributed by atoms with Gasteiger partial charge in [-0.3, -0.25) is 10.9 Å². The van der Waals surface area contributed by atoms with Gasteiger partial charge >= 0.3 is 0 Å². The minimum Gasteiger partial charge on any atom is -0.497 e. The lowest BCUT2D eigenvalue weighted by molar-refractivity contribution is 0.414. The zero-order valence-corrected chi connectivity index (χ0v) is 10.9. The van der Waals surface area contributed by atoms with Crippen molar-refractivity contribution in [3.8, 4) is 5.75 Å². The van der Waals surface area contributed by atoms with Crippen molar-refractivity contribution in [3.63, 3.8) is 0 Å². The quantitative estimate of drug-likeness (QED) is 0.549. The highest BCUT2D eigenvalue weighted by atomic mass is 32.1. The van der Waals surface area contributed by atoms with Crippen molar-refractivity contribution in [3.05, 3.63) is 36.4 Å². The van der Waals surface area contributed by atoms with Crippen molar-refractivity contribution in [2.75, 3.05) is 13.7 Å². The molecule has 4 nitrogen and oxygen atoms in total. The van der Waals surface area contributed by atoms with Crippen LogP contribution >= 0.6 is 12.2 Å². The second-order valence-corrected chi connectivity index (χ2v) is 3.73. The van der Waals surface area contributed by atoms with Gasteiger partial charge < -0.3 is 10.1 Å². The number of thiocarbonyl (C=S) groups is 1. The molecule has 0 atom stereocenters. The van der Waals surface area contributed by atoms with E-state index in [0.29, 0.717) is 5.11 Å². The van der Waals surface area contributed by atoms with E-state index in [9.17, 15) is 0 Å². The number of methoxy groups -OCH3 is 1. The summed E-state index contributed by atoms with van der Waals surface area (Å²) >= 11 is 5.02. The summed E-state index contributed by atoms with van der Waals surface area (Å²) in [6, 6.07) is 7.63. The first-order valence-corrected chi connectivity index (χ1v) is 5.71. The summed E-state index contributed by atoms with van der Waals surface area (Å²) < 4.78 is 5.14. The molecule has 1 aromatic carbocycles. The fourth-order valence-corrected chi connectivity index (χ4v) is 1.42. The van der Waals surface area contributed by atoms with E-state index in [2.05, 4.69) is 22.7 Å². The highest BCUT2D eigenvalue weighted by molar-refractivity contribution is 7.80. The van der Waals surface area contributed by atoms with Crippen LogP contribution < -0.4 is 20.9 Å². The lowest BCUT2D eigenvalue weighted by Crippen LogP contribution is -2.42. The van der Waals surface area contributed by atoms with Crippen LogP contribution in [0.3, 0.4) is 0 Å². The standard InChI is InChI=1S/C12H17N3OS/c1-4-13-12(17)15-14-9(2)10-6-5-7-11(8-10)16-3/h5-8,14H,2,4H2,1,3H3,(H2,13,15,17). The van der Waals surface area contributed by atoms with Crippen LogP contribution in [0.5, 0.6) is 5.75 Å². The van der Waals surface area contributed by atoms with Crippen LogP contribution in [-0.4, -0.2) is 18.8 Å². The molecule has 0 saturated carbocycles. The maximum absolute atomic E-state index is 5.14. The van der Waals surface area contributed by atoms with Gasteiger partial charge in [0.1, 0.15) is 5.75 Å². The molecular weight excluding hydrogens is 234 g/mol. The third kappa shape index (κ3) is 4.32. The summed E-state index contributed by atoms with van der Waals surface area (Å²) in [6.45, 7) is 6.67. The Balaban J connectivity index is 2.54. The Bertz CT molecular complexity index is 406. The molecule has 5 heteroatoms. The Morgan fingerprint density at radius 2 is 2.18 bits per heavy atom. The second-order valence-electron chi connectivity index (χ2n) is 3.32. The molecule has 0 heterocycles. The van der Waals surface area contributed by atoms with Gasteiger partial charge in [-0.2, -0.15) is 0 Å². The molecule has 0 saturated heterocycles. The van der Waals surface area contributed by atoms with Crippen molar-refractivity contribution in [2.24, 2.45) is 0 Å². The zero-order valence-electron chi connectivity index (χ0n) is 10.0. The lowest BCUT2D eigenvalue weighted by Gasteiger charge is -2.13. The maximum Gasteiger partial charge on any atom is 0.185 e. The van der Waals surface area contributed by atoms with Crippen LogP contribution in [0.25, 0.3) is 5.70 Å². The van der Waals surface area contributed by atoms with Gasteiger partial charge in [0, 0.05) is 12.1 Å². The largest absolute Gasteiger partial charge is 0.497 e. The molecule has 0 radical (unpaired) electrons.